The fourth-order valence-electron chi connectivity index (χ4n) is 1.91. The third-order valence-corrected chi connectivity index (χ3v) is 4.19. The number of methoxy groups -OCH3 is 2. The van der Waals surface area contributed by atoms with Crippen LogP contribution in [0.5, 0.6) is 11.5 Å². The highest BCUT2D eigenvalue weighted by atomic mass is 127. The molecule has 0 aliphatic heterocycles. The summed E-state index contributed by atoms with van der Waals surface area (Å²) in [6, 6.07) is 11.1. The van der Waals surface area contributed by atoms with Crippen molar-refractivity contribution in [2.75, 3.05) is 14.2 Å². The van der Waals surface area contributed by atoms with Crippen LogP contribution >= 0.6 is 22.6 Å². The predicted octanol–water partition coefficient (Wildman–Crippen LogP) is 1.66. The second-order valence-corrected chi connectivity index (χ2v) is 5.26. The summed E-state index contributed by atoms with van der Waals surface area (Å²) in [4.78, 5) is 0. The maximum atomic E-state index is 9.45. The second-order valence-electron chi connectivity index (χ2n) is 4.18. The van der Waals surface area contributed by atoms with Crippen LogP contribution in [0.15, 0.2) is 36.4 Å². The molecule has 6 heteroatoms. The van der Waals surface area contributed by atoms with Gasteiger partial charge in [-0.15, -0.1) is 0 Å². The largest absolute Gasteiger partial charge is 0.497 e. The average Bonchev–Trinajstić information content (AvgIpc) is 2.47. The normalized spacial score (nSPS) is 10.2. The van der Waals surface area contributed by atoms with Crippen LogP contribution in [0.3, 0.4) is 0 Å². The van der Waals surface area contributed by atoms with Gasteiger partial charge in [-0.3, -0.25) is 0 Å². The highest BCUT2D eigenvalue weighted by Crippen LogP contribution is 2.29. The molecule has 0 aliphatic rings. The van der Waals surface area contributed by atoms with Crippen molar-refractivity contribution in [2.24, 2.45) is 0 Å². The van der Waals surface area contributed by atoms with E-state index in [4.69, 9.17) is 9.47 Å². The zero-order chi connectivity index (χ0) is 14.7. The minimum Gasteiger partial charge on any atom is -0.497 e. The van der Waals surface area contributed by atoms with E-state index in [0.29, 0.717) is 11.2 Å². The van der Waals surface area contributed by atoms with Crippen molar-refractivity contribution in [3.8, 4) is 22.6 Å². The lowest BCUT2D eigenvalue weighted by Gasteiger charge is -2.13. The van der Waals surface area contributed by atoms with Crippen molar-refractivity contribution in [3.63, 3.8) is 0 Å². The molecular formula is C14H14BIO4. The minimum atomic E-state index is -1.53. The second kappa shape index (κ2) is 6.47. The molecule has 0 spiro atoms. The van der Waals surface area contributed by atoms with E-state index in [1.54, 1.807) is 20.3 Å². The lowest BCUT2D eigenvalue weighted by molar-refractivity contribution is 0.412. The number of hydrogen-bond acceptors (Lipinski definition) is 4. The molecule has 0 atom stereocenters. The third kappa shape index (κ3) is 3.08. The van der Waals surface area contributed by atoms with Crippen LogP contribution in [0, 0.1) is 3.57 Å². The van der Waals surface area contributed by atoms with Gasteiger partial charge in [0.2, 0.25) is 0 Å². The summed E-state index contributed by atoms with van der Waals surface area (Å²) in [6.45, 7) is 0. The van der Waals surface area contributed by atoms with Crippen molar-refractivity contribution in [1.29, 1.82) is 0 Å². The molecule has 2 N–H and O–H groups in total. The zero-order valence-electron chi connectivity index (χ0n) is 11.1. The summed E-state index contributed by atoms with van der Waals surface area (Å²) in [6.07, 6.45) is 0. The molecular weight excluding hydrogens is 370 g/mol. The molecule has 0 fully saturated rings. The van der Waals surface area contributed by atoms with Crippen LogP contribution in [0.25, 0.3) is 11.1 Å². The van der Waals surface area contributed by atoms with Gasteiger partial charge in [0.25, 0.3) is 0 Å². The van der Waals surface area contributed by atoms with Gasteiger partial charge < -0.3 is 19.5 Å². The molecule has 0 aromatic heterocycles. The molecule has 2 aromatic carbocycles. The summed E-state index contributed by atoms with van der Waals surface area (Å²) in [5.41, 5.74) is 2.27. The SMILES string of the molecule is COc1ccc(-c2cc(OC)cc(B(O)O)c2I)cc1. The molecule has 20 heavy (non-hydrogen) atoms. The lowest BCUT2D eigenvalue weighted by atomic mass is 9.79. The van der Waals surface area contributed by atoms with Crippen LogP contribution < -0.4 is 14.9 Å². The Hall–Kier alpha value is -1.25. The molecule has 0 heterocycles. The van der Waals surface area contributed by atoms with Crippen molar-refractivity contribution in [2.45, 2.75) is 0 Å². The van der Waals surface area contributed by atoms with Crippen molar-refractivity contribution in [1.82, 2.24) is 0 Å². The van der Waals surface area contributed by atoms with Gasteiger partial charge in [0, 0.05) is 3.57 Å². The van der Waals surface area contributed by atoms with E-state index in [1.807, 2.05) is 30.3 Å². The molecule has 0 saturated carbocycles. The standard InChI is InChI=1S/C14H14BIO4/c1-19-10-5-3-9(4-6-10)12-7-11(20-2)8-13(14(12)16)15(17)18/h3-8,17-18H,1-2H3. The highest BCUT2D eigenvalue weighted by Gasteiger charge is 2.19. The van der Waals surface area contributed by atoms with Crippen LogP contribution in [0.2, 0.25) is 0 Å². The molecule has 0 aliphatic carbocycles. The molecule has 2 rings (SSSR count). The maximum Gasteiger partial charge on any atom is 0.489 e. The Morgan fingerprint density at radius 1 is 0.950 bits per heavy atom. The summed E-state index contributed by atoms with van der Waals surface area (Å²) in [5, 5.41) is 18.9. The zero-order valence-corrected chi connectivity index (χ0v) is 13.3. The monoisotopic (exact) mass is 384 g/mol. The van der Waals surface area contributed by atoms with Gasteiger partial charge in [0.1, 0.15) is 11.5 Å². The average molecular weight is 384 g/mol. The number of ether oxygens (including phenoxy) is 2. The highest BCUT2D eigenvalue weighted by molar-refractivity contribution is 14.1. The first kappa shape index (κ1) is 15.1. The Kier molecular flexibility index (Phi) is 4.90. The molecule has 4 nitrogen and oxygen atoms in total. The fraction of sp³-hybridized carbons (Fsp3) is 0.143. The Bertz CT molecular complexity index is 599. The van der Waals surface area contributed by atoms with E-state index < -0.39 is 7.12 Å². The van der Waals surface area contributed by atoms with E-state index in [1.165, 1.54) is 0 Å². The molecule has 104 valence electrons. The van der Waals surface area contributed by atoms with Crippen molar-refractivity contribution >= 4 is 35.2 Å². The first-order valence-electron chi connectivity index (χ1n) is 5.94. The quantitative estimate of drug-likeness (QED) is 0.622. The third-order valence-electron chi connectivity index (χ3n) is 2.99. The smallest absolute Gasteiger partial charge is 0.489 e. The summed E-state index contributed by atoms with van der Waals surface area (Å²) in [5.74, 6) is 1.36. The molecule has 0 bridgehead atoms. The Labute approximate surface area is 131 Å². The summed E-state index contributed by atoms with van der Waals surface area (Å²) in [7, 11) is 1.63. The minimum absolute atomic E-state index is 0.427. The molecule has 0 unspecified atom stereocenters. The van der Waals surface area contributed by atoms with Crippen LogP contribution in [-0.4, -0.2) is 31.4 Å². The predicted molar refractivity (Wildman–Crippen MR) is 87.5 cm³/mol. The van der Waals surface area contributed by atoms with Gasteiger partial charge in [0.05, 0.1) is 14.2 Å². The van der Waals surface area contributed by atoms with Crippen molar-refractivity contribution < 1.29 is 19.5 Å². The van der Waals surface area contributed by atoms with Gasteiger partial charge in [-0.1, -0.05) is 12.1 Å². The Morgan fingerprint density at radius 2 is 1.55 bits per heavy atom. The number of rotatable bonds is 4. The Balaban J connectivity index is 2.56. The van der Waals surface area contributed by atoms with E-state index in [0.717, 1.165) is 20.4 Å². The number of halogens is 1. The van der Waals surface area contributed by atoms with E-state index in [2.05, 4.69) is 22.6 Å². The summed E-state index contributed by atoms with van der Waals surface area (Å²) >= 11 is 2.10. The fourth-order valence-corrected chi connectivity index (χ4v) is 2.81. The van der Waals surface area contributed by atoms with Crippen LogP contribution in [0.1, 0.15) is 0 Å². The van der Waals surface area contributed by atoms with Crippen molar-refractivity contribution in [3.05, 3.63) is 40.0 Å². The summed E-state index contributed by atoms with van der Waals surface area (Å²) < 4.78 is 11.1. The van der Waals surface area contributed by atoms with Crippen LogP contribution in [0.4, 0.5) is 0 Å². The van der Waals surface area contributed by atoms with Gasteiger partial charge in [-0.25, -0.2) is 0 Å². The number of benzene rings is 2. The van der Waals surface area contributed by atoms with Gasteiger partial charge in [0.15, 0.2) is 0 Å². The molecule has 2 aromatic rings. The van der Waals surface area contributed by atoms with Gasteiger partial charge in [-0.05, 0) is 63.4 Å². The first-order chi connectivity index (χ1) is 9.56. The topological polar surface area (TPSA) is 58.9 Å². The molecule has 0 radical (unpaired) electrons. The molecule has 0 amide bonds. The van der Waals surface area contributed by atoms with E-state index in [9.17, 15) is 10.0 Å². The van der Waals surface area contributed by atoms with E-state index >= 15 is 0 Å². The lowest BCUT2D eigenvalue weighted by Crippen LogP contribution is -2.32. The first-order valence-corrected chi connectivity index (χ1v) is 7.02. The maximum absolute atomic E-state index is 9.45. The van der Waals surface area contributed by atoms with Gasteiger partial charge in [-0.2, -0.15) is 0 Å². The van der Waals surface area contributed by atoms with Gasteiger partial charge >= 0.3 is 7.12 Å². The number of hydrogen-bond donors (Lipinski definition) is 2. The molecule has 0 saturated heterocycles. The van der Waals surface area contributed by atoms with E-state index in [-0.39, 0.29) is 0 Å². The Morgan fingerprint density at radius 3 is 2.05 bits per heavy atom. The van der Waals surface area contributed by atoms with Crippen LogP contribution in [-0.2, 0) is 0 Å².